The predicted octanol–water partition coefficient (Wildman–Crippen LogP) is 4.84. The van der Waals surface area contributed by atoms with Crippen LogP contribution in [0.1, 0.15) is 90.0 Å². The minimum atomic E-state index is -0.753. The normalized spacial score (nSPS) is 27.0. The summed E-state index contributed by atoms with van der Waals surface area (Å²) in [6.45, 7) is 6.08. The average Bonchev–Trinajstić information content (AvgIpc) is 3.51. The molecule has 1 aliphatic heterocycles. The van der Waals surface area contributed by atoms with E-state index in [9.17, 15) is 14.7 Å². The number of likely N-dealkylation sites (tertiary alicyclic amines) is 1. The number of amides is 1. The summed E-state index contributed by atoms with van der Waals surface area (Å²) in [4.78, 5) is 27.5. The van der Waals surface area contributed by atoms with Crippen molar-refractivity contribution in [2.45, 2.75) is 103 Å². The predicted molar refractivity (Wildman–Crippen MR) is 137 cm³/mol. The molecule has 1 amide bonds. The molecule has 7 nitrogen and oxygen atoms in total. The Hall–Kier alpha value is -2.28. The molecule has 0 aromatic heterocycles. The molecule has 36 heavy (non-hydrogen) atoms. The lowest BCUT2D eigenvalue weighted by atomic mass is 9.72. The zero-order valence-electron chi connectivity index (χ0n) is 22.3. The first-order valence-corrected chi connectivity index (χ1v) is 13.7. The van der Waals surface area contributed by atoms with E-state index >= 15 is 0 Å². The third-order valence-corrected chi connectivity index (χ3v) is 8.80. The van der Waals surface area contributed by atoms with Gasteiger partial charge in [-0.3, -0.25) is 9.59 Å². The Labute approximate surface area is 215 Å². The Kier molecular flexibility index (Phi) is 8.48. The van der Waals surface area contributed by atoms with Crippen LogP contribution in [0.3, 0.4) is 0 Å². The van der Waals surface area contributed by atoms with Crippen molar-refractivity contribution in [2.75, 3.05) is 20.2 Å². The monoisotopic (exact) mass is 501 g/mol. The number of aliphatic hydroxyl groups excluding tert-OH is 1. The fraction of sp³-hybridized carbons (Fsp3) is 0.724. The topological polar surface area (TPSA) is 85.3 Å². The Morgan fingerprint density at radius 2 is 1.72 bits per heavy atom. The minimum absolute atomic E-state index is 0.0550. The Morgan fingerprint density at radius 3 is 2.33 bits per heavy atom. The second kappa shape index (κ2) is 11.4. The molecule has 1 heterocycles. The Morgan fingerprint density at radius 1 is 1.06 bits per heavy atom. The van der Waals surface area contributed by atoms with E-state index in [0.717, 1.165) is 56.3 Å². The number of aliphatic hydroxyl groups is 1. The van der Waals surface area contributed by atoms with Gasteiger partial charge in [0.15, 0.2) is 17.6 Å². The van der Waals surface area contributed by atoms with Gasteiger partial charge in [-0.1, -0.05) is 32.3 Å². The molecule has 200 valence electrons. The van der Waals surface area contributed by atoms with E-state index in [-0.39, 0.29) is 23.8 Å². The zero-order chi connectivity index (χ0) is 25.9. The largest absolute Gasteiger partial charge is 0.493 e. The number of methoxy groups -OCH3 is 1. The second-order valence-corrected chi connectivity index (χ2v) is 11.3. The van der Waals surface area contributed by atoms with Gasteiger partial charge in [0.2, 0.25) is 0 Å². The molecule has 4 atom stereocenters. The molecule has 2 saturated carbocycles. The number of benzene rings is 1. The molecule has 1 saturated heterocycles. The molecule has 3 aliphatic rings. The summed E-state index contributed by atoms with van der Waals surface area (Å²) < 4.78 is 17.5. The van der Waals surface area contributed by atoms with Gasteiger partial charge in [0.05, 0.1) is 19.3 Å². The van der Waals surface area contributed by atoms with Gasteiger partial charge in [0.25, 0.3) is 5.91 Å². The maximum Gasteiger partial charge on any atom is 0.303 e. The molecule has 1 N–H and O–H groups in total. The third kappa shape index (κ3) is 5.66. The van der Waals surface area contributed by atoms with Crippen LogP contribution in [0.4, 0.5) is 0 Å². The van der Waals surface area contributed by atoms with Crippen molar-refractivity contribution in [3.05, 3.63) is 23.8 Å². The highest BCUT2D eigenvalue weighted by Crippen LogP contribution is 2.47. The van der Waals surface area contributed by atoms with Crippen LogP contribution in [0, 0.1) is 11.3 Å². The van der Waals surface area contributed by atoms with Crippen molar-refractivity contribution in [2.24, 2.45) is 11.3 Å². The van der Waals surface area contributed by atoms with Crippen LogP contribution in [-0.2, 0) is 14.3 Å². The number of hydrogen-bond donors (Lipinski definition) is 1. The molecule has 4 rings (SSSR count). The van der Waals surface area contributed by atoms with Crippen molar-refractivity contribution in [3.63, 3.8) is 0 Å². The van der Waals surface area contributed by atoms with E-state index in [1.807, 2.05) is 25.1 Å². The van der Waals surface area contributed by atoms with Crippen molar-refractivity contribution >= 4 is 11.9 Å². The number of carbonyl (C=O) groups is 2. The van der Waals surface area contributed by atoms with Gasteiger partial charge in [-0.25, -0.2) is 0 Å². The molecular weight excluding hydrogens is 458 g/mol. The van der Waals surface area contributed by atoms with E-state index in [2.05, 4.69) is 0 Å². The summed E-state index contributed by atoms with van der Waals surface area (Å²) >= 11 is 0. The van der Waals surface area contributed by atoms with E-state index in [0.29, 0.717) is 18.8 Å². The van der Waals surface area contributed by atoms with Gasteiger partial charge in [-0.15, -0.1) is 0 Å². The minimum Gasteiger partial charge on any atom is -0.493 e. The SMILES string of the molecule is COc1ccc([C@@H]2CN(C(=O)[C@@H](OC(C)=O)C3CCCCC3)C[C@@]2(C)[C@@H](C)O)cc1OC1CCCC1. The van der Waals surface area contributed by atoms with Crippen molar-refractivity contribution in [1.29, 1.82) is 0 Å². The fourth-order valence-electron chi connectivity index (χ4n) is 6.42. The molecule has 1 aromatic rings. The van der Waals surface area contributed by atoms with Crippen molar-refractivity contribution in [3.8, 4) is 11.5 Å². The molecule has 3 fully saturated rings. The highest BCUT2D eigenvalue weighted by molar-refractivity contribution is 5.84. The van der Waals surface area contributed by atoms with Crippen LogP contribution < -0.4 is 9.47 Å². The smallest absolute Gasteiger partial charge is 0.303 e. The maximum atomic E-state index is 13.8. The van der Waals surface area contributed by atoms with Gasteiger partial charge in [-0.05, 0) is 63.1 Å². The lowest BCUT2D eigenvalue weighted by Gasteiger charge is -2.34. The molecule has 7 heteroatoms. The van der Waals surface area contributed by atoms with E-state index in [1.165, 1.54) is 19.8 Å². The highest BCUT2D eigenvalue weighted by Gasteiger charge is 2.50. The molecule has 1 aromatic carbocycles. The van der Waals surface area contributed by atoms with Gasteiger partial charge in [0, 0.05) is 37.3 Å². The third-order valence-electron chi connectivity index (χ3n) is 8.80. The number of ether oxygens (including phenoxy) is 3. The Bertz CT molecular complexity index is 920. The lowest BCUT2D eigenvalue weighted by molar-refractivity contribution is -0.163. The van der Waals surface area contributed by atoms with Crippen LogP contribution in [0.2, 0.25) is 0 Å². The summed E-state index contributed by atoms with van der Waals surface area (Å²) in [6, 6.07) is 5.97. The van der Waals surface area contributed by atoms with Gasteiger partial charge >= 0.3 is 5.97 Å². The van der Waals surface area contributed by atoms with Crippen molar-refractivity contribution in [1.82, 2.24) is 4.90 Å². The van der Waals surface area contributed by atoms with E-state index < -0.39 is 23.6 Å². The quantitative estimate of drug-likeness (QED) is 0.513. The van der Waals surface area contributed by atoms with Crippen molar-refractivity contribution < 1.29 is 28.9 Å². The first-order chi connectivity index (χ1) is 17.2. The first kappa shape index (κ1) is 26.8. The molecule has 2 aliphatic carbocycles. The summed E-state index contributed by atoms with van der Waals surface area (Å²) in [5.74, 6) is 0.823. The standard InChI is InChI=1S/C29H43NO6/c1-19(31)29(3)18-30(28(33)27(35-20(2)32)21-10-6-5-7-11-21)17-24(29)22-14-15-25(34-4)26(16-22)36-23-12-8-9-13-23/h14-16,19,21,23-24,27,31H,5-13,17-18H2,1-4H3/t19-,24+,27+,29+/m1/s1. The van der Waals surface area contributed by atoms with Gasteiger partial charge < -0.3 is 24.2 Å². The number of carbonyl (C=O) groups excluding carboxylic acids is 2. The van der Waals surface area contributed by atoms with Crippen LogP contribution in [0.5, 0.6) is 11.5 Å². The maximum absolute atomic E-state index is 13.8. The number of hydrogen-bond acceptors (Lipinski definition) is 6. The molecular formula is C29H43NO6. The van der Waals surface area contributed by atoms with E-state index in [1.54, 1.807) is 18.9 Å². The lowest BCUT2D eigenvalue weighted by Crippen LogP contribution is -2.46. The van der Waals surface area contributed by atoms with Gasteiger partial charge in [0.1, 0.15) is 0 Å². The van der Waals surface area contributed by atoms with Crippen LogP contribution in [0.15, 0.2) is 18.2 Å². The Balaban J connectivity index is 1.60. The van der Waals surface area contributed by atoms with Crippen LogP contribution in [-0.4, -0.2) is 60.4 Å². The summed E-state index contributed by atoms with van der Waals surface area (Å²) in [7, 11) is 1.65. The molecule has 0 spiro atoms. The van der Waals surface area contributed by atoms with E-state index in [4.69, 9.17) is 14.2 Å². The number of rotatable bonds is 8. The number of nitrogens with zero attached hydrogens (tertiary/aromatic N) is 1. The van der Waals surface area contributed by atoms with Gasteiger partial charge in [-0.2, -0.15) is 0 Å². The summed E-state index contributed by atoms with van der Waals surface area (Å²) in [6.07, 6.45) is 8.31. The number of esters is 1. The first-order valence-electron chi connectivity index (χ1n) is 13.7. The average molecular weight is 502 g/mol. The zero-order valence-corrected chi connectivity index (χ0v) is 22.3. The molecule has 0 unspecified atom stereocenters. The van der Waals surface area contributed by atoms with Crippen LogP contribution in [0.25, 0.3) is 0 Å². The summed E-state index contributed by atoms with van der Waals surface area (Å²) in [5, 5.41) is 10.9. The molecule has 0 radical (unpaired) electrons. The second-order valence-electron chi connectivity index (χ2n) is 11.3. The fourth-order valence-corrected chi connectivity index (χ4v) is 6.42. The highest BCUT2D eigenvalue weighted by atomic mass is 16.5. The van der Waals surface area contributed by atoms with Crippen LogP contribution >= 0.6 is 0 Å². The molecule has 0 bridgehead atoms. The summed E-state index contributed by atoms with van der Waals surface area (Å²) in [5.41, 5.74) is 0.464.